The van der Waals surface area contributed by atoms with E-state index in [4.69, 9.17) is 4.74 Å². The largest absolute Gasteiger partial charge is 0.442 e. The van der Waals surface area contributed by atoms with Gasteiger partial charge in [-0.25, -0.2) is 4.68 Å². The first-order valence-corrected chi connectivity index (χ1v) is 20.6. The second-order valence-electron chi connectivity index (χ2n) is 16.3. The summed E-state index contributed by atoms with van der Waals surface area (Å²) in [6.45, 7) is 10.6. The summed E-state index contributed by atoms with van der Waals surface area (Å²) in [6, 6.07) is 12.8. The number of ether oxygens (including phenoxy) is 1. The molecule has 0 saturated carbocycles. The summed E-state index contributed by atoms with van der Waals surface area (Å²) in [7, 11) is 2.18. The second-order valence-corrected chi connectivity index (χ2v) is 16.3. The number of unbranched alkanes of at least 4 members (excludes halogenated alkanes) is 1. The van der Waals surface area contributed by atoms with Crippen LogP contribution < -0.4 is 0 Å². The highest BCUT2D eigenvalue weighted by atomic mass is 16.5. The summed E-state index contributed by atoms with van der Waals surface area (Å²) in [5, 5.41) is 5.44. The van der Waals surface area contributed by atoms with Crippen molar-refractivity contribution in [2.75, 3.05) is 59.4 Å². The molecule has 3 saturated heterocycles. The van der Waals surface area contributed by atoms with E-state index < -0.39 is 5.92 Å². The van der Waals surface area contributed by atoms with E-state index in [2.05, 4.69) is 46.2 Å². The molecule has 2 amide bonds. The van der Waals surface area contributed by atoms with E-state index in [1.807, 2.05) is 41.8 Å². The lowest BCUT2D eigenvalue weighted by Gasteiger charge is -2.43. The smallest absolute Gasteiger partial charge is 0.307 e. The van der Waals surface area contributed by atoms with E-state index in [0.717, 1.165) is 103 Å². The van der Waals surface area contributed by atoms with E-state index >= 15 is 0 Å². The zero-order valence-corrected chi connectivity index (χ0v) is 33.0. The average molecular weight is 751 g/mol. The van der Waals surface area contributed by atoms with Gasteiger partial charge in [-0.1, -0.05) is 43.7 Å². The van der Waals surface area contributed by atoms with Crippen molar-refractivity contribution >= 4 is 40.5 Å². The molecule has 55 heavy (non-hydrogen) atoms. The van der Waals surface area contributed by atoms with Crippen molar-refractivity contribution in [2.24, 2.45) is 11.8 Å². The Balaban J connectivity index is 1.03. The number of hydrogen-bond donors (Lipinski definition) is 0. The summed E-state index contributed by atoms with van der Waals surface area (Å²) in [5.41, 5.74) is 5.96. The SMILES string of the molecule is CCCCC(=O)OCn1ncc2cc(C[C@@H](CC(=O)N3CCC(C4=Cc5ccccc5CC4=O)CC3)C(=O)N3CCN(C4CCN(C)CC4)CC3)cc(C)c21. The molecule has 0 spiro atoms. The van der Waals surface area contributed by atoms with Gasteiger partial charge in [-0.2, -0.15) is 5.10 Å². The molecular formula is C44H58N6O5. The fourth-order valence-corrected chi connectivity index (χ4v) is 9.21. The Hall–Kier alpha value is -4.35. The van der Waals surface area contributed by atoms with Gasteiger partial charge in [0.05, 0.1) is 17.6 Å². The maximum absolute atomic E-state index is 14.4. The van der Waals surface area contributed by atoms with Gasteiger partial charge < -0.3 is 19.4 Å². The number of esters is 1. The maximum atomic E-state index is 14.4. The molecule has 1 aliphatic carbocycles. The Morgan fingerprint density at radius 3 is 2.42 bits per heavy atom. The number of aryl methyl sites for hydroxylation is 1. The predicted molar refractivity (Wildman–Crippen MR) is 213 cm³/mol. The van der Waals surface area contributed by atoms with Crippen molar-refractivity contribution in [1.82, 2.24) is 29.4 Å². The van der Waals surface area contributed by atoms with Crippen LogP contribution in [0.3, 0.4) is 0 Å². The van der Waals surface area contributed by atoms with Gasteiger partial charge in [0.1, 0.15) is 0 Å². The molecule has 7 rings (SSSR count). The molecule has 0 bridgehead atoms. The van der Waals surface area contributed by atoms with Crippen LogP contribution in [0.5, 0.6) is 0 Å². The second kappa shape index (κ2) is 17.6. The summed E-state index contributed by atoms with van der Waals surface area (Å²) in [6.07, 6.45) is 10.8. The van der Waals surface area contributed by atoms with Gasteiger partial charge in [-0.05, 0) is 111 Å². The Bertz CT molecular complexity index is 1890. The minimum atomic E-state index is -0.495. The van der Waals surface area contributed by atoms with E-state index in [1.54, 1.807) is 10.9 Å². The number of Topliss-reactive ketones (excluding diaryl/α,β-unsaturated/α-hetero) is 1. The number of fused-ring (bicyclic) bond motifs is 2. The third-order valence-electron chi connectivity index (χ3n) is 12.5. The predicted octanol–water partition coefficient (Wildman–Crippen LogP) is 5.27. The molecule has 3 aliphatic heterocycles. The number of likely N-dealkylation sites (tertiary alicyclic amines) is 2. The number of carbonyl (C=O) groups excluding carboxylic acids is 4. The zero-order chi connectivity index (χ0) is 38.5. The van der Waals surface area contributed by atoms with Crippen LogP contribution in [0.25, 0.3) is 17.0 Å². The lowest BCUT2D eigenvalue weighted by molar-refractivity contribution is -0.147. The summed E-state index contributed by atoms with van der Waals surface area (Å²) in [5.74, 6) is -0.338. The highest BCUT2D eigenvalue weighted by molar-refractivity contribution is 6.04. The third-order valence-corrected chi connectivity index (χ3v) is 12.5. The molecule has 0 radical (unpaired) electrons. The fraction of sp³-hybridized carbons (Fsp3) is 0.568. The molecule has 1 atom stereocenters. The van der Waals surface area contributed by atoms with E-state index in [0.29, 0.717) is 51.5 Å². The molecule has 0 N–H and O–H groups in total. The monoisotopic (exact) mass is 750 g/mol. The lowest BCUT2D eigenvalue weighted by atomic mass is 9.80. The minimum absolute atomic E-state index is 0.00608. The molecule has 0 unspecified atom stereocenters. The van der Waals surface area contributed by atoms with Crippen molar-refractivity contribution in [3.8, 4) is 0 Å². The van der Waals surface area contributed by atoms with Crippen LogP contribution >= 0.6 is 0 Å². The summed E-state index contributed by atoms with van der Waals surface area (Å²) >= 11 is 0. The number of carbonyl (C=O) groups is 4. The summed E-state index contributed by atoms with van der Waals surface area (Å²) in [4.78, 5) is 62.7. The van der Waals surface area contributed by atoms with E-state index in [1.165, 1.54) is 0 Å². The first-order chi connectivity index (χ1) is 26.7. The Morgan fingerprint density at radius 2 is 1.67 bits per heavy atom. The van der Waals surface area contributed by atoms with Crippen molar-refractivity contribution in [3.05, 3.63) is 70.4 Å². The number of rotatable bonds is 12. The molecule has 3 fully saturated rings. The van der Waals surface area contributed by atoms with Crippen molar-refractivity contribution in [1.29, 1.82) is 0 Å². The molecule has 2 aromatic carbocycles. The molecule has 11 heteroatoms. The van der Waals surface area contributed by atoms with Crippen LogP contribution in [0.2, 0.25) is 0 Å². The molecular weight excluding hydrogens is 693 g/mol. The number of amides is 2. The van der Waals surface area contributed by atoms with E-state index in [-0.39, 0.29) is 42.6 Å². The Kier molecular flexibility index (Phi) is 12.5. The van der Waals surface area contributed by atoms with Crippen molar-refractivity contribution in [3.63, 3.8) is 0 Å². The molecule has 1 aromatic heterocycles. The molecule has 294 valence electrons. The van der Waals surface area contributed by atoms with Gasteiger partial charge in [0.2, 0.25) is 11.8 Å². The number of aromatic nitrogens is 2. The number of allylic oxidation sites excluding steroid dienone is 1. The number of hydrogen-bond acceptors (Lipinski definition) is 8. The average Bonchev–Trinajstić information content (AvgIpc) is 3.62. The topological polar surface area (TPSA) is 108 Å². The number of benzene rings is 2. The van der Waals surface area contributed by atoms with Crippen LogP contribution in [0, 0.1) is 18.8 Å². The Morgan fingerprint density at radius 1 is 0.927 bits per heavy atom. The molecule has 3 aromatic rings. The van der Waals surface area contributed by atoms with Gasteiger partial charge in [-0.15, -0.1) is 0 Å². The van der Waals surface area contributed by atoms with Gasteiger partial charge in [0, 0.05) is 70.0 Å². The van der Waals surface area contributed by atoms with Gasteiger partial charge in [-0.3, -0.25) is 24.1 Å². The zero-order valence-electron chi connectivity index (χ0n) is 33.0. The van der Waals surface area contributed by atoms with Crippen LogP contribution in [0.1, 0.15) is 80.5 Å². The number of piperidine rings is 2. The number of piperazine rings is 1. The molecule has 11 nitrogen and oxygen atoms in total. The standard InChI is InChI=1S/C44H58N6O5/c1-4-5-10-42(53)55-30-50-43-31(2)23-32(25-37(43)29-45-50)24-36(44(54)49-21-19-47(20-22-49)38-13-15-46(3)16-14-38)28-41(52)48-17-11-33(12-18-48)39-26-34-8-6-7-9-35(34)27-40(39)51/h6-9,23,25-26,29,33,36,38H,4-5,10-22,24,27-28,30H2,1-3H3/t36-/m0/s1. The first kappa shape index (κ1) is 38.9. The van der Waals surface area contributed by atoms with Crippen LogP contribution in [0.4, 0.5) is 0 Å². The maximum Gasteiger partial charge on any atom is 0.307 e. The normalized spacial score (nSPS) is 19.7. The van der Waals surface area contributed by atoms with Crippen LogP contribution in [0.15, 0.2) is 48.2 Å². The van der Waals surface area contributed by atoms with E-state index in [9.17, 15) is 19.2 Å². The van der Waals surface area contributed by atoms with Gasteiger partial charge in [0.15, 0.2) is 12.5 Å². The third kappa shape index (κ3) is 9.21. The quantitative estimate of drug-likeness (QED) is 0.231. The Labute approximate surface area is 325 Å². The lowest BCUT2D eigenvalue weighted by Crippen LogP contribution is -2.55. The fourth-order valence-electron chi connectivity index (χ4n) is 9.21. The highest BCUT2D eigenvalue weighted by Gasteiger charge is 2.35. The number of ketones is 1. The van der Waals surface area contributed by atoms with Crippen molar-refractivity contribution < 1.29 is 23.9 Å². The number of nitrogens with zero attached hydrogens (tertiary/aromatic N) is 6. The van der Waals surface area contributed by atoms with Crippen LogP contribution in [-0.2, 0) is 43.5 Å². The highest BCUT2D eigenvalue weighted by Crippen LogP contribution is 2.33. The van der Waals surface area contributed by atoms with Gasteiger partial charge in [0.25, 0.3) is 0 Å². The van der Waals surface area contributed by atoms with Gasteiger partial charge >= 0.3 is 5.97 Å². The van der Waals surface area contributed by atoms with Crippen LogP contribution in [-0.4, -0.2) is 118 Å². The van der Waals surface area contributed by atoms with Crippen molar-refractivity contribution in [2.45, 2.75) is 90.8 Å². The minimum Gasteiger partial charge on any atom is -0.442 e. The molecule has 4 heterocycles. The molecule has 4 aliphatic rings. The first-order valence-electron chi connectivity index (χ1n) is 20.6. The summed E-state index contributed by atoms with van der Waals surface area (Å²) < 4.78 is 7.22.